The number of nitriles is 1. The van der Waals surface area contributed by atoms with E-state index >= 15 is 0 Å². The highest BCUT2D eigenvalue weighted by Gasteiger charge is 2.10. The van der Waals surface area contributed by atoms with Crippen LogP contribution < -0.4 is 10.5 Å². The van der Waals surface area contributed by atoms with E-state index in [2.05, 4.69) is 0 Å². The molecule has 0 aliphatic carbocycles. The van der Waals surface area contributed by atoms with E-state index in [9.17, 15) is 4.79 Å². The Hall–Kier alpha value is -2.80. The molecule has 2 N–H and O–H groups in total. The summed E-state index contributed by atoms with van der Waals surface area (Å²) in [6.07, 6.45) is 1.48. The van der Waals surface area contributed by atoms with Crippen molar-refractivity contribution in [2.45, 2.75) is 6.92 Å². The number of hydrogen-bond acceptors (Lipinski definition) is 3. The van der Waals surface area contributed by atoms with Crippen LogP contribution in [0.3, 0.4) is 0 Å². The van der Waals surface area contributed by atoms with E-state index in [0.29, 0.717) is 17.9 Å². The summed E-state index contributed by atoms with van der Waals surface area (Å²) in [5, 5.41) is 10.9. The van der Waals surface area contributed by atoms with Gasteiger partial charge in [-0.2, -0.15) is 5.26 Å². The van der Waals surface area contributed by atoms with Crippen LogP contribution in [0.4, 0.5) is 0 Å². The number of carbonyl (C=O) groups is 1. The molecule has 100 valence electrons. The number of primary amides is 1. The predicted octanol–water partition coefficient (Wildman–Crippen LogP) is 2.63. The fourth-order valence-corrected chi connectivity index (χ4v) is 2.01. The Labute approximate surface area is 117 Å². The Morgan fingerprint density at radius 1 is 1.35 bits per heavy atom. The van der Waals surface area contributed by atoms with Gasteiger partial charge in [0.05, 0.1) is 6.61 Å². The Balaban J connectivity index is 2.73. The van der Waals surface area contributed by atoms with Crippen LogP contribution in [0.1, 0.15) is 12.5 Å². The third-order valence-electron chi connectivity index (χ3n) is 2.91. The zero-order valence-corrected chi connectivity index (χ0v) is 11.1. The van der Waals surface area contributed by atoms with Gasteiger partial charge in [-0.15, -0.1) is 0 Å². The second kappa shape index (κ2) is 5.89. The fourth-order valence-electron chi connectivity index (χ4n) is 2.01. The first-order chi connectivity index (χ1) is 9.67. The number of rotatable bonds is 4. The molecule has 0 fully saturated rings. The number of carbonyl (C=O) groups excluding carboxylic acids is 1. The lowest BCUT2D eigenvalue weighted by atomic mass is 10.0. The lowest BCUT2D eigenvalue weighted by molar-refractivity contribution is -0.114. The largest absolute Gasteiger partial charge is 0.493 e. The molecule has 0 heterocycles. The van der Waals surface area contributed by atoms with Crippen molar-refractivity contribution in [3.05, 3.63) is 47.5 Å². The number of hydrogen-bond donors (Lipinski definition) is 1. The third-order valence-corrected chi connectivity index (χ3v) is 2.91. The highest BCUT2D eigenvalue weighted by Crippen LogP contribution is 2.30. The van der Waals surface area contributed by atoms with Crippen LogP contribution in [0.5, 0.6) is 5.75 Å². The normalized spacial score (nSPS) is 11.1. The van der Waals surface area contributed by atoms with Gasteiger partial charge in [0.1, 0.15) is 17.4 Å². The maximum Gasteiger partial charge on any atom is 0.259 e. The molecule has 0 saturated heterocycles. The summed E-state index contributed by atoms with van der Waals surface area (Å²) < 4.78 is 5.56. The lowest BCUT2D eigenvalue weighted by Gasteiger charge is -2.10. The van der Waals surface area contributed by atoms with Gasteiger partial charge in [0.25, 0.3) is 5.91 Å². The Morgan fingerprint density at radius 3 is 2.75 bits per heavy atom. The second-order valence-electron chi connectivity index (χ2n) is 4.17. The van der Waals surface area contributed by atoms with Crippen molar-refractivity contribution in [1.29, 1.82) is 5.26 Å². The first-order valence-electron chi connectivity index (χ1n) is 6.23. The summed E-state index contributed by atoms with van der Waals surface area (Å²) in [6, 6.07) is 13.3. The molecular weight excluding hydrogens is 252 g/mol. The van der Waals surface area contributed by atoms with Crippen molar-refractivity contribution < 1.29 is 9.53 Å². The van der Waals surface area contributed by atoms with Crippen molar-refractivity contribution in [1.82, 2.24) is 0 Å². The molecule has 0 spiro atoms. The first-order valence-corrected chi connectivity index (χ1v) is 6.23. The summed E-state index contributed by atoms with van der Waals surface area (Å²) in [5.41, 5.74) is 5.79. The van der Waals surface area contributed by atoms with Crippen molar-refractivity contribution >= 4 is 22.8 Å². The van der Waals surface area contributed by atoms with Crippen LogP contribution in [-0.2, 0) is 4.79 Å². The Kier molecular flexibility index (Phi) is 4.02. The third kappa shape index (κ3) is 2.62. The SMILES string of the molecule is CCOc1ccc2ccccc2c1/C=C(/C#N)C(N)=O. The fraction of sp³-hybridized carbons (Fsp3) is 0.125. The molecule has 0 atom stereocenters. The molecule has 2 aromatic carbocycles. The van der Waals surface area contributed by atoms with Crippen molar-refractivity contribution in [2.24, 2.45) is 5.73 Å². The minimum absolute atomic E-state index is 0.0951. The number of amides is 1. The topological polar surface area (TPSA) is 76.1 Å². The van der Waals surface area contributed by atoms with Crippen molar-refractivity contribution in [3.63, 3.8) is 0 Å². The molecule has 4 heteroatoms. The van der Waals surface area contributed by atoms with E-state index in [1.165, 1.54) is 6.08 Å². The summed E-state index contributed by atoms with van der Waals surface area (Å²) in [4.78, 5) is 11.2. The van der Waals surface area contributed by atoms with E-state index in [4.69, 9.17) is 15.7 Å². The molecular formula is C16H14N2O2. The highest BCUT2D eigenvalue weighted by molar-refractivity contribution is 6.04. The van der Waals surface area contributed by atoms with E-state index in [1.54, 1.807) is 0 Å². The maximum absolute atomic E-state index is 11.2. The lowest BCUT2D eigenvalue weighted by Crippen LogP contribution is -2.12. The monoisotopic (exact) mass is 266 g/mol. The van der Waals surface area contributed by atoms with E-state index < -0.39 is 5.91 Å². The molecule has 0 radical (unpaired) electrons. The van der Waals surface area contributed by atoms with Gasteiger partial charge in [-0.3, -0.25) is 4.79 Å². The van der Waals surface area contributed by atoms with Crippen LogP contribution in [0.25, 0.3) is 16.8 Å². The molecule has 2 aromatic rings. The van der Waals surface area contributed by atoms with Gasteiger partial charge < -0.3 is 10.5 Å². The first kappa shape index (κ1) is 13.6. The van der Waals surface area contributed by atoms with E-state index in [1.807, 2.05) is 49.4 Å². The molecule has 0 saturated carbocycles. The summed E-state index contributed by atoms with van der Waals surface area (Å²) >= 11 is 0. The van der Waals surface area contributed by atoms with Gasteiger partial charge in [0.15, 0.2) is 0 Å². The number of nitrogens with two attached hydrogens (primary N) is 1. The summed E-state index contributed by atoms with van der Waals surface area (Å²) in [7, 11) is 0. The van der Waals surface area contributed by atoms with Gasteiger partial charge in [0, 0.05) is 5.56 Å². The zero-order valence-electron chi connectivity index (χ0n) is 11.1. The molecule has 0 bridgehead atoms. The van der Waals surface area contributed by atoms with Gasteiger partial charge in [-0.05, 0) is 29.8 Å². The molecule has 0 aromatic heterocycles. The molecule has 0 unspecified atom stereocenters. The van der Waals surface area contributed by atoms with Gasteiger partial charge in [-0.25, -0.2) is 0 Å². The smallest absolute Gasteiger partial charge is 0.259 e. The number of ether oxygens (including phenoxy) is 1. The Bertz CT molecular complexity index is 727. The Morgan fingerprint density at radius 2 is 2.10 bits per heavy atom. The molecule has 2 rings (SSSR count). The highest BCUT2D eigenvalue weighted by atomic mass is 16.5. The molecule has 0 aliphatic rings. The van der Waals surface area contributed by atoms with Gasteiger partial charge in [-0.1, -0.05) is 30.3 Å². The van der Waals surface area contributed by atoms with E-state index in [-0.39, 0.29) is 5.57 Å². The molecule has 20 heavy (non-hydrogen) atoms. The quantitative estimate of drug-likeness (QED) is 0.682. The molecule has 4 nitrogen and oxygen atoms in total. The predicted molar refractivity (Wildman–Crippen MR) is 77.9 cm³/mol. The van der Waals surface area contributed by atoms with Crippen LogP contribution in [0.2, 0.25) is 0 Å². The maximum atomic E-state index is 11.2. The number of fused-ring (bicyclic) bond motifs is 1. The van der Waals surface area contributed by atoms with Crippen molar-refractivity contribution in [3.8, 4) is 11.8 Å². The average Bonchev–Trinajstić information content (AvgIpc) is 2.46. The second-order valence-corrected chi connectivity index (χ2v) is 4.17. The minimum Gasteiger partial charge on any atom is -0.493 e. The van der Waals surface area contributed by atoms with Crippen LogP contribution in [-0.4, -0.2) is 12.5 Å². The minimum atomic E-state index is -0.747. The van der Waals surface area contributed by atoms with Gasteiger partial charge >= 0.3 is 0 Å². The van der Waals surface area contributed by atoms with Crippen LogP contribution in [0, 0.1) is 11.3 Å². The zero-order chi connectivity index (χ0) is 14.5. The average molecular weight is 266 g/mol. The van der Waals surface area contributed by atoms with Crippen molar-refractivity contribution in [2.75, 3.05) is 6.61 Å². The van der Waals surface area contributed by atoms with Gasteiger partial charge in [0.2, 0.25) is 0 Å². The summed E-state index contributed by atoms with van der Waals surface area (Å²) in [6.45, 7) is 2.37. The van der Waals surface area contributed by atoms with Crippen LogP contribution in [0.15, 0.2) is 42.0 Å². The van der Waals surface area contributed by atoms with E-state index in [0.717, 1.165) is 10.8 Å². The number of nitrogens with zero attached hydrogens (tertiary/aromatic N) is 1. The standard InChI is InChI=1S/C16H14N2O2/c1-2-20-15-8-7-11-5-3-4-6-13(11)14(15)9-12(10-17)16(18)19/h3-9H,2H2,1H3,(H2,18,19)/b12-9-. The van der Waals surface area contributed by atoms with Crippen LogP contribution >= 0.6 is 0 Å². The molecule has 1 amide bonds. The summed E-state index contributed by atoms with van der Waals surface area (Å²) in [5.74, 6) is -0.122. The number of benzene rings is 2. The molecule has 0 aliphatic heterocycles.